The lowest BCUT2D eigenvalue weighted by molar-refractivity contribution is 0.289. The molecule has 3 atom stereocenters. The second kappa shape index (κ2) is 6.21. The largest absolute Gasteiger partial charge is 0.305 e. The van der Waals surface area contributed by atoms with Crippen molar-refractivity contribution in [3.8, 4) is 0 Å². The van der Waals surface area contributed by atoms with Gasteiger partial charge in [0.25, 0.3) is 0 Å². The van der Waals surface area contributed by atoms with Gasteiger partial charge in [0.05, 0.1) is 0 Å². The van der Waals surface area contributed by atoms with Gasteiger partial charge in [0.1, 0.15) is 0 Å². The molecule has 0 aliphatic carbocycles. The Kier molecular flexibility index (Phi) is 4.12. The van der Waals surface area contributed by atoms with Gasteiger partial charge in [-0.1, -0.05) is 12.1 Å². The smallest absolute Gasteiger partial charge is 0.0466 e. The molecule has 3 unspecified atom stereocenters. The van der Waals surface area contributed by atoms with Gasteiger partial charge in [-0.05, 0) is 48.7 Å². The van der Waals surface area contributed by atoms with Gasteiger partial charge in [0.15, 0.2) is 0 Å². The second-order valence-electron chi connectivity index (χ2n) is 6.16. The second-order valence-corrected chi connectivity index (χ2v) is 8.17. The van der Waals surface area contributed by atoms with Gasteiger partial charge in [0.2, 0.25) is 0 Å². The van der Waals surface area contributed by atoms with E-state index in [-0.39, 0.29) is 0 Å². The van der Waals surface area contributed by atoms with Gasteiger partial charge in [-0.15, -0.1) is 22.7 Å². The average Bonchev–Trinajstić information content (AvgIpc) is 3.26. The van der Waals surface area contributed by atoms with E-state index < -0.39 is 0 Å². The van der Waals surface area contributed by atoms with Crippen LogP contribution in [0.25, 0.3) is 0 Å². The van der Waals surface area contributed by atoms with Crippen molar-refractivity contribution in [2.75, 3.05) is 13.1 Å². The third kappa shape index (κ3) is 2.95. The number of rotatable bonds is 5. The van der Waals surface area contributed by atoms with E-state index in [4.69, 9.17) is 0 Å². The van der Waals surface area contributed by atoms with Crippen LogP contribution in [0.15, 0.2) is 35.0 Å². The van der Waals surface area contributed by atoms with Crippen LogP contribution < -0.4 is 5.32 Å². The van der Waals surface area contributed by atoms with E-state index in [1.165, 1.54) is 42.1 Å². The Bertz CT molecular complexity index is 549. The summed E-state index contributed by atoms with van der Waals surface area (Å²) in [7, 11) is 0. The maximum absolute atomic E-state index is 4.00. The molecule has 0 spiro atoms. The quantitative estimate of drug-likeness (QED) is 0.899. The molecule has 1 N–H and O–H groups in total. The first kappa shape index (κ1) is 13.9. The molecule has 0 amide bonds. The highest BCUT2D eigenvalue weighted by Gasteiger charge is 2.38. The first-order valence-electron chi connectivity index (χ1n) is 7.96. The molecule has 2 saturated heterocycles. The molecule has 0 saturated carbocycles. The standard InChI is InChI=1S/C17H22N2S2/c1-5-16-14(7-9-19(16)8-1)18-15(17-6-3-11-21-17)12-13-4-2-10-20-13/h2-4,6,10-11,14-16,18H,1,5,7-9,12H2. The first-order chi connectivity index (χ1) is 10.4. The van der Waals surface area contributed by atoms with Crippen molar-refractivity contribution >= 4 is 22.7 Å². The Hall–Kier alpha value is -0.680. The number of fused-ring (bicyclic) bond motifs is 1. The summed E-state index contributed by atoms with van der Waals surface area (Å²) in [6.45, 7) is 2.61. The predicted octanol–water partition coefficient (Wildman–Crippen LogP) is 3.92. The molecule has 2 aromatic heterocycles. The lowest BCUT2D eigenvalue weighted by Crippen LogP contribution is -2.41. The van der Waals surface area contributed by atoms with E-state index in [9.17, 15) is 0 Å². The Balaban J connectivity index is 1.50. The zero-order valence-corrected chi connectivity index (χ0v) is 13.8. The summed E-state index contributed by atoms with van der Waals surface area (Å²) in [6, 6.07) is 10.9. The number of hydrogen-bond donors (Lipinski definition) is 1. The number of hydrogen-bond acceptors (Lipinski definition) is 4. The van der Waals surface area contributed by atoms with Gasteiger partial charge >= 0.3 is 0 Å². The van der Waals surface area contributed by atoms with Gasteiger partial charge < -0.3 is 5.32 Å². The molecule has 0 aromatic carbocycles. The third-order valence-corrected chi connectivity index (χ3v) is 6.78. The van der Waals surface area contributed by atoms with Crippen molar-refractivity contribution in [3.63, 3.8) is 0 Å². The molecule has 4 heterocycles. The van der Waals surface area contributed by atoms with Crippen molar-refractivity contribution in [1.29, 1.82) is 0 Å². The topological polar surface area (TPSA) is 15.3 Å². The molecular weight excluding hydrogens is 296 g/mol. The minimum Gasteiger partial charge on any atom is -0.305 e. The maximum atomic E-state index is 4.00. The molecule has 112 valence electrons. The van der Waals surface area contributed by atoms with Crippen LogP contribution in [0.3, 0.4) is 0 Å². The molecule has 0 bridgehead atoms. The Labute approximate surface area is 134 Å². The Morgan fingerprint density at radius 3 is 2.86 bits per heavy atom. The van der Waals surface area contributed by atoms with Gasteiger partial charge in [-0.3, -0.25) is 4.90 Å². The minimum absolute atomic E-state index is 0.481. The third-order valence-electron chi connectivity index (χ3n) is 4.89. The normalized spacial score (nSPS) is 27.0. The van der Waals surface area contributed by atoms with Crippen LogP contribution in [-0.2, 0) is 6.42 Å². The zero-order valence-electron chi connectivity index (χ0n) is 12.2. The van der Waals surface area contributed by atoms with Crippen LogP contribution in [0.1, 0.15) is 35.1 Å². The fraction of sp³-hybridized carbons (Fsp3) is 0.529. The van der Waals surface area contributed by atoms with Crippen LogP contribution in [0.4, 0.5) is 0 Å². The van der Waals surface area contributed by atoms with E-state index in [1.807, 2.05) is 22.7 Å². The van der Waals surface area contributed by atoms with Crippen LogP contribution in [0.2, 0.25) is 0 Å². The van der Waals surface area contributed by atoms with Crippen LogP contribution >= 0.6 is 22.7 Å². The molecule has 2 nitrogen and oxygen atoms in total. The van der Waals surface area contributed by atoms with Crippen molar-refractivity contribution in [3.05, 3.63) is 44.8 Å². The van der Waals surface area contributed by atoms with Crippen molar-refractivity contribution < 1.29 is 0 Å². The highest BCUT2D eigenvalue weighted by molar-refractivity contribution is 7.10. The maximum Gasteiger partial charge on any atom is 0.0466 e. The molecule has 4 rings (SSSR count). The van der Waals surface area contributed by atoms with Crippen molar-refractivity contribution in [2.45, 2.75) is 43.8 Å². The van der Waals surface area contributed by atoms with E-state index in [0.717, 1.165) is 12.5 Å². The summed E-state index contributed by atoms with van der Waals surface area (Å²) in [4.78, 5) is 5.66. The molecule has 21 heavy (non-hydrogen) atoms. The summed E-state index contributed by atoms with van der Waals surface area (Å²) in [5.74, 6) is 0. The highest BCUT2D eigenvalue weighted by atomic mass is 32.1. The van der Waals surface area contributed by atoms with E-state index in [2.05, 4.69) is 45.2 Å². The average molecular weight is 319 g/mol. The summed E-state index contributed by atoms with van der Waals surface area (Å²) in [6.07, 6.45) is 5.21. The zero-order chi connectivity index (χ0) is 14.1. The minimum atomic E-state index is 0.481. The molecule has 2 fully saturated rings. The molecular formula is C17H22N2S2. The summed E-state index contributed by atoms with van der Waals surface area (Å²) < 4.78 is 0. The van der Waals surface area contributed by atoms with Crippen LogP contribution in [0, 0.1) is 0 Å². The summed E-state index contributed by atoms with van der Waals surface area (Å²) in [5.41, 5.74) is 0. The fourth-order valence-electron chi connectivity index (χ4n) is 3.90. The van der Waals surface area contributed by atoms with Crippen LogP contribution in [0.5, 0.6) is 0 Å². The van der Waals surface area contributed by atoms with Gasteiger partial charge in [0, 0.05) is 40.8 Å². The summed E-state index contributed by atoms with van der Waals surface area (Å²) in [5, 5.41) is 8.40. The fourth-order valence-corrected chi connectivity index (χ4v) is 5.44. The molecule has 0 radical (unpaired) electrons. The molecule has 2 aromatic rings. The van der Waals surface area contributed by atoms with E-state index >= 15 is 0 Å². The molecule has 2 aliphatic heterocycles. The van der Waals surface area contributed by atoms with Crippen molar-refractivity contribution in [2.24, 2.45) is 0 Å². The Morgan fingerprint density at radius 2 is 2.05 bits per heavy atom. The van der Waals surface area contributed by atoms with Crippen LogP contribution in [-0.4, -0.2) is 30.1 Å². The number of thiophene rings is 2. The number of nitrogens with one attached hydrogen (secondary N) is 1. The molecule has 2 aliphatic rings. The lowest BCUT2D eigenvalue weighted by Gasteiger charge is -2.26. The number of nitrogens with zero attached hydrogens (tertiary/aromatic N) is 1. The predicted molar refractivity (Wildman–Crippen MR) is 91.2 cm³/mol. The Morgan fingerprint density at radius 1 is 1.14 bits per heavy atom. The SMILES string of the molecule is c1csc(CC(NC2CCN3CCCC23)c2cccs2)c1. The first-order valence-corrected chi connectivity index (χ1v) is 9.72. The molecule has 4 heteroatoms. The highest BCUT2D eigenvalue weighted by Crippen LogP contribution is 2.32. The van der Waals surface area contributed by atoms with E-state index in [0.29, 0.717) is 12.1 Å². The van der Waals surface area contributed by atoms with Gasteiger partial charge in [-0.25, -0.2) is 0 Å². The monoisotopic (exact) mass is 318 g/mol. The van der Waals surface area contributed by atoms with Crippen molar-refractivity contribution in [1.82, 2.24) is 10.2 Å². The summed E-state index contributed by atoms with van der Waals surface area (Å²) >= 11 is 3.77. The lowest BCUT2D eigenvalue weighted by atomic mass is 10.0. The van der Waals surface area contributed by atoms with Gasteiger partial charge in [-0.2, -0.15) is 0 Å². The van der Waals surface area contributed by atoms with E-state index in [1.54, 1.807) is 0 Å².